The average Bonchev–Trinajstić information content (AvgIpc) is 2.63. The molecule has 3 heteroatoms. The maximum Gasteiger partial charge on any atom is 0.289 e. The second-order valence-electron chi connectivity index (χ2n) is 6.84. The lowest BCUT2D eigenvalue weighted by Gasteiger charge is -2.38. The van der Waals surface area contributed by atoms with Crippen LogP contribution in [0.25, 0.3) is 0 Å². The van der Waals surface area contributed by atoms with E-state index in [9.17, 15) is 0 Å². The van der Waals surface area contributed by atoms with Crippen molar-refractivity contribution in [2.45, 2.75) is 105 Å². The molecule has 0 bridgehead atoms. The van der Waals surface area contributed by atoms with E-state index in [1.54, 1.807) is 0 Å². The predicted molar refractivity (Wildman–Crippen MR) is 108 cm³/mol. The fraction of sp³-hybridized carbons (Fsp3) is 0.909. The molecule has 0 aromatic heterocycles. The molecular weight excluding hydrogens is 312 g/mol. The molecule has 0 amide bonds. The highest BCUT2D eigenvalue weighted by atomic mass is 16.9. The highest BCUT2D eigenvalue weighted by molar-refractivity contribution is 4.91. The van der Waals surface area contributed by atoms with Crippen LogP contribution in [0.3, 0.4) is 0 Å². The molecule has 1 atom stereocenters. The predicted octanol–water partition coefficient (Wildman–Crippen LogP) is 6.86. The molecular formula is C22H44O3. The normalized spacial score (nSPS) is 13.6. The number of unbranched alkanes of at least 4 members (excludes halogenated alkanes) is 5. The maximum absolute atomic E-state index is 6.20. The van der Waals surface area contributed by atoms with Crippen molar-refractivity contribution in [3.63, 3.8) is 0 Å². The van der Waals surface area contributed by atoms with Crippen molar-refractivity contribution < 1.29 is 14.2 Å². The molecule has 1 unspecified atom stereocenters. The Morgan fingerprint density at radius 3 is 1.60 bits per heavy atom. The minimum Gasteiger partial charge on any atom is -0.327 e. The first kappa shape index (κ1) is 24.6. The van der Waals surface area contributed by atoms with Crippen LogP contribution in [0.15, 0.2) is 12.2 Å². The topological polar surface area (TPSA) is 27.7 Å². The first-order chi connectivity index (χ1) is 12.2. The quantitative estimate of drug-likeness (QED) is 0.152. The van der Waals surface area contributed by atoms with Crippen LogP contribution >= 0.6 is 0 Å². The second kappa shape index (κ2) is 17.1. The Labute approximate surface area is 157 Å². The Morgan fingerprint density at radius 1 is 0.680 bits per heavy atom. The van der Waals surface area contributed by atoms with Gasteiger partial charge in [0.15, 0.2) is 0 Å². The Morgan fingerprint density at radius 2 is 1.16 bits per heavy atom. The van der Waals surface area contributed by atoms with Crippen LogP contribution in [-0.4, -0.2) is 25.8 Å². The number of ether oxygens (including phenoxy) is 3. The monoisotopic (exact) mass is 356 g/mol. The number of hydrogen-bond acceptors (Lipinski definition) is 3. The lowest BCUT2D eigenvalue weighted by Crippen LogP contribution is -2.46. The minimum atomic E-state index is -0.919. The summed E-state index contributed by atoms with van der Waals surface area (Å²) >= 11 is 0. The highest BCUT2D eigenvalue weighted by Gasteiger charge is 2.40. The van der Waals surface area contributed by atoms with Crippen molar-refractivity contribution in [3.05, 3.63) is 12.2 Å². The van der Waals surface area contributed by atoms with Gasteiger partial charge < -0.3 is 14.2 Å². The Kier molecular flexibility index (Phi) is 16.8. The van der Waals surface area contributed by atoms with Gasteiger partial charge in [0.05, 0.1) is 25.7 Å². The first-order valence-corrected chi connectivity index (χ1v) is 10.7. The molecule has 0 saturated carbocycles. The molecule has 25 heavy (non-hydrogen) atoms. The van der Waals surface area contributed by atoms with Crippen molar-refractivity contribution in [1.29, 1.82) is 0 Å². The van der Waals surface area contributed by atoms with Gasteiger partial charge in [-0.05, 0) is 32.6 Å². The summed E-state index contributed by atoms with van der Waals surface area (Å²) in [6.07, 6.45) is 16.1. The van der Waals surface area contributed by atoms with Gasteiger partial charge in [0.25, 0.3) is 5.97 Å². The summed E-state index contributed by atoms with van der Waals surface area (Å²) in [5.41, 5.74) is 0. The van der Waals surface area contributed by atoms with Crippen LogP contribution in [0.4, 0.5) is 0 Å². The fourth-order valence-corrected chi connectivity index (χ4v) is 2.95. The zero-order valence-corrected chi connectivity index (χ0v) is 17.6. The minimum absolute atomic E-state index is 0.147. The third-order valence-corrected chi connectivity index (χ3v) is 4.27. The van der Waals surface area contributed by atoms with Gasteiger partial charge in [-0.15, -0.1) is 0 Å². The largest absolute Gasteiger partial charge is 0.327 e. The van der Waals surface area contributed by atoms with Crippen molar-refractivity contribution in [2.75, 3.05) is 19.8 Å². The summed E-state index contributed by atoms with van der Waals surface area (Å²) in [7, 11) is 0. The van der Waals surface area contributed by atoms with Gasteiger partial charge in [0.1, 0.15) is 0 Å². The van der Waals surface area contributed by atoms with E-state index in [4.69, 9.17) is 14.2 Å². The Bertz CT molecular complexity index is 280. The molecule has 0 radical (unpaired) electrons. The van der Waals surface area contributed by atoms with Crippen molar-refractivity contribution in [1.82, 2.24) is 0 Å². The average molecular weight is 357 g/mol. The SMILES string of the molecule is CC=CC(CCCCCCCC)C(OCCC)(OCCC)OCCC. The summed E-state index contributed by atoms with van der Waals surface area (Å²) in [4.78, 5) is 0. The van der Waals surface area contributed by atoms with Crippen LogP contribution in [0.2, 0.25) is 0 Å². The number of allylic oxidation sites excluding steroid dienone is 1. The van der Waals surface area contributed by atoms with Crippen LogP contribution < -0.4 is 0 Å². The molecule has 0 fully saturated rings. The van der Waals surface area contributed by atoms with Gasteiger partial charge in [-0.2, -0.15) is 0 Å². The molecule has 150 valence electrons. The molecule has 0 aromatic carbocycles. The van der Waals surface area contributed by atoms with E-state index in [-0.39, 0.29) is 5.92 Å². The van der Waals surface area contributed by atoms with E-state index in [0.29, 0.717) is 19.8 Å². The molecule has 0 heterocycles. The molecule has 0 rings (SSSR count). The summed E-state index contributed by atoms with van der Waals surface area (Å²) < 4.78 is 18.6. The molecule has 0 aromatic rings. The number of rotatable bonds is 18. The summed E-state index contributed by atoms with van der Waals surface area (Å²) in [6.45, 7) is 12.7. The zero-order chi connectivity index (χ0) is 18.8. The van der Waals surface area contributed by atoms with Gasteiger partial charge in [0, 0.05) is 0 Å². The summed E-state index contributed by atoms with van der Waals surface area (Å²) in [5.74, 6) is -0.772. The lowest BCUT2D eigenvalue weighted by atomic mass is 9.96. The first-order valence-electron chi connectivity index (χ1n) is 10.7. The van der Waals surface area contributed by atoms with E-state index < -0.39 is 5.97 Å². The van der Waals surface area contributed by atoms with Crippen LogP contribution in [-0.2, 0) is 14.2 Å². The van der Waals surface area contributed by atoms with Gasteiger partial charge in [-0.1, -0.05) is 78.4 Å². The second-order valence-corrected chi connectivity index (χ2v) is 6.84. The van der Waals surface area contributed by atoms with E-state index >= 15 is 0 Å². The van der Waals surface area contributed by atoms with Crippen LogP contribution in [0.5, 0.6) is 0 Å². The summed E-state index contributed by atoms with van der Waals surface area (Å²) in [5, 5.41) is 0. The van der Waals surface area contributed by atoms with Gasteiger partial charge in [-0.25, -0.2) is 0 Å². The molecule has 3 nitrogen and oxygen atoms in total. The maximum atomic E-state index is 6.20. The van der Waals surface area contributed by atoms with E-state index in [1.165, 1.54) is 38.5 Å². The van der Waals surface area contributed by atoms with Crippen molar-refractivity contribution in [3.8, 4) is 0 Å². The van der Waals surface area contributed by atoms with E-state index in [2.05, 4.69) is 46.8 Å². The third-order valence-electron chi connectivity index (χ3n) is 4.27. The molecule has 0 aliphatic carbocycles. The van der Waals surface area contributed by atoms with Crippen LogP contribution in [0, 0.1) is 5.92 Å². The van der Waals surface area contributed by atoms with Gasteiger partial charge in [-0.3, -0.25) is 0 Å². The molecule has 0 spiro atoms. The summed E-state index contributed by atoms with van der Waals surface area (Å²) in [6, 6.07) is 0. The third kappa shape index (κ3) is 11.0. The smallest absolute Gasteiger partial charge is 0.289 e. The Balaban J connectivity index is 4.95. The van der Waals surface area contributed by atoms with E-state index in [0.717, 1.165) is 25.7 Å². The molecule has 0 N–H and O–H groups in total. The van der Waals surface area contributed by atoms with Gasteiger partial charge >= 0.3 is 0 Å². The molecule has 0 aliphatic rings. The standard InChI is InChI=1S/C22H44O3/c1-6-11-12-13-14-15-17-21(16-7-2)22(23-18-8-3,24-19-9-4)25-20-10-5/h7,16,21H,6,8-15,17-20H2,1-5H3. The van der Waals surface area contributed by atoms with Crippen molar-refractivity contribution in [2.24, 2.45) is 5.92 Å². The number of hydrogen-bond donors (Lipinski definition) is 0. The molecule has 0 aliphatic heterocycles. The van der Waals surface area contributed by atoms with Gasteiger partial charge in [0.2, 0.25) is 0 Å². The Hall–Kier alpha value is -0.380. The van der Waals surface area contributed by atoms with Crippen molar-refractivity contribution >= 4 is 0 Å². The van der Waals surface area contributed by atoms with E-state index in [1.807, 2.05) is 0 Å². The lowest BCUT2D eigenvalue weighted by molar-refractivity contribution is -0.399. The molecule has 0 saturated heterocycles. The zero-order valence-electron chi connectivity index (χ0n) is 17.6. The fourth-order valence-electron chi connectivity index (χ4n) is 2.95. The van der Waals surface area contributed by atoms with Crippen LogP contribution in [0.1, 0.15) is 98.8 Å². The highest BCUT2D eigenvalue weighted by Crippen LogP contribution is 2.32.